The molecule has 29 heavy (non-hydrogen) atoms. The molecule has 0 saturated carbocycles. The van der Waals surface area contributed by atoms with Crippen LogP contribution >= 0.6 is 0 Å². The second-order valence-electron chi connectivity index (χ2n) is 7.21. The van der Waals surface area contributed by atoms with E-state index in [0.717, 1.165) is 42.0 Å². The van der Waals surface area contributed by atoms with Crippen molar-refractivity contribution in [1.29, 1.82) is 0 Å². The molecule has 0 spiro atoms. The lowest BCUT2D eigenvalue weighted by molar-refractivity contribution is 0.0563. The maximum absolute atomic E-state index is 13.0. The van der Waals surface area contributed by atoms with Gasteiger partial charge >= 0.3 is 0 Å². The summed E-state index contributed by atoms with van der Waals surface area (Å²) in [4.78, 5) is 27.8. The molecule has 3 aromatic rings. The zero-order valence-electron chi connectivity index (χ0n) is 16.7. The molecule has 1 fully saturated rings. The molecule has 2 aromatic heterocycles. The van der Waals surface area contributed by atoms with Crippen LogP contribution in [0.15, 0.2) is 47.3 Å². The van der Waals surface area contributed by atoms with E-state index in [2.05, 4.69) is 15.0 Å². The van der Waals surface area contributed by atoms with E-state index < -0.39 is 0 Å². The first-order chi connectivity index (χ1) is 14.2. The van der Waals surface area contributed by atoms with E-state index in [1.165, 1.54) is 6.20 Å². The largest absolute Gasteiger partial charge is 0.496 e. The number of methoxy groups -OCH3 is 1. The van der Waals surface area contributed by atoms with Gasteiger partial charge in [-0.25, -0.2) is 9.97 Å². The van der Waals surface area contributed by atoms with E-state index in [1.54, 1.807) is 19.5 Å². The normalized spacial score (nSPS) is 16.6. The van der Waals surface area contributed by atoms with Gasteiger partial charge in [-0.05, 0) is 32.3 Å². The van der Waals surface area contributed by atoms with Crippen LogP contribution in [0.25, 0.3) is 0 Å². The molecule has 1 atom stereocenters. The van der Waals surface area contributed by atoms with Gasteiger partial charge in [-0.1, -0.05) is 18.2 Å². The van der Waals surface area contributed by atoms with Crippen molar-refractivity contribution in [2.24, 2.45) is 0 Å². The predicted octanol–water partition coefficient (Wildman–Crippen LogP) is 3.74. The first-order valence-electron chi connectivity index (χ1n) is 9.82. The Balaban J connectivity index is 1.55. The van der Waals surface area contributed by atoms with E-state index >= 15 is 0 Å². The summed E-state index contributed by atoms with van der Waals surface area (Å²) < 4.78 is 11.5. The summed E-state index contributed by atoms with van der Waals surface area (Å²) in [5, 5.41) is 0. The molecule has 4 rings (SSSR count). The number of rotatable bonds is 5. The van der Waals surface area contributed by atoms with Gasteiger partial charge in [-0.2, -0.15) is 0 Å². The molecule has 1 aromatic carbocycles. The standard InChI is InChI=1S/C22H24N4O3/c1-15-12-24-18(14-23-15)22(27)26-10-6-5-8-19(26)21-25-13-17(29-21)11-16-7-3-4-9-20(16)28-2/h3-4,7,9,12-14,19H,5-6,8,10-11H2,1-2H3/t19-/m0/s1. The number of hydrogen-bond donors (Lipinski definition) is 0. The number of aryl methyl sites for hydroxylation is 1. The molecule has 0 aliphatic carbocycles. The molecule has 7 nitrogen and oxygen atoms in total. The van der Waals surface area contributed by atoms with Crippen LogP contribution in [0.1, 0.15) is 58.7 Å². The second kappa shape index (κ2) is 8.43. The lowest BCUT2D eigenvalue weighted by atomic mass is 10.0. The molecule has 1 saturated heterocycles. The van der Waals surface area contributed by atoms with Crippen molar-refractivity contribution < 1.29 is 13.9 Å². The highest BCUT2D eigenvalue weighted by Gasteiger charge is 2.32. The summed E-state index contributed by atoms with van der Waals surface area (Å²) in [6.07, 6.45) is 8.27. The molecule has 3 heterocycles. The van der Waals surface area contributed by atoms with Crippen LogP contribution in [0.3, 0.4) is 0 Å². The Hall–Kier alpha value is -3.22. The maximum Gasteiger partial charge on any atom is 0.274 e. The number of carbonyl (C=O) groups is 1. The molecular formula is C22H24N4O3. The van der Waals surface area contributed by atoms with Crippen molar-refractivity contribution in [3.8, 4) is 5.75 Å². The van der Waals surface area contributed by atoms with Gasteiger partial charge in [0.15, 0.2) is 0 Å². The minimum absolute atomic E-state index is 0.133. The monoisotopic (exact) mass is 392 g/mol. The van der Waals surface area contributed by atoms with Crippen molar-refractivity contribution in [2.75, 3.05) is 13.7 Å². The second-order valence-corrected chi connectivity index (χ2v) is 7.21. The third-order valence-corrected chi connectivity index (χ3v) is 5.18. The van der Waals surface area contributed by atoms with Crippen molar-refractivity contribution in [3.05, 3.63) is 71.5 Å². The number of amides is 1. The molecular weight excluding hydrogens is 368 g/mol. The van der Waals surface area contributed by atoms with Crippen molar-refractivity contribution in [1.82, 2.24) is 19.9 Å². The van der Waals surface area contributed by atoms with Gasteiger partial charge in [-0.3, -0.25) is 9.78 Å². The van der Waals surface area contributed by atoms with Crippen LogP contribution in [-0.4, -0.2) is 39.4 Å². The Labute approximate surface area is 169 Å². The minimum Gasteiger partial charge on any atom is -0.496 e. The van der Waals surface area contributed by atoms with Gasteiger partial charge in [0.25, 0.3) is 5.91 Å². The first-order valence-corrected chi connectivity index (χ1v) is 9.82. The van der Waals surface area contributed by atoms with Crippen LogP contribution in [0, 0.1) is 6.92 Å². The molecule has 7 heteroatoms. The van der Waals surface area contributed by atoms with E-state index in [9.17, 15) is 4.79 Å². The number of aromatic nitrogens is 3. The zero-order valence-corrected chi connectivity index (χ0v) is 16.7. The Morgan fingerprint density at radius 2 is 2.03 bits per heavy atom. The highest BCUT2D eigenvalue weighted by Crippen LogP contribution is 2.32. The quantitative estimate of drug-likeness (QED) is 0.658. The zero-order chi connectivity index (χ0) is 20.2. The van der Waals surface area contributed by atoms with Crippen LogP contribution in [0.4, 0.5) is 0 Å². The SMILES string of the molecule is COc1ccccc1Cc1cnc([C@@H]2CCCCN2C(=O)c2cnc(C)cn2)o1. The summed E-state index contributed by atoms with van der Waals surface area (Å²) in [5.74, 6) is 2.00. The molecule has 0 radical (unpaired) electrons. The number of likely N-dealkylation sites (tertiary alicyclic amines) is 1. The molecule has 1 amide bonds. The number of nitrogens with zero attached hydrogens (tertiary/aromatic N) is 4. The van der Waals surface area contributed by atoms with Crippen LogP contribution in [0.2, 0.25) is 0 Å². The Bertz CT molecular complexity index is 984. The van der Waals surface area contributed by atoms with Gasteiger partial charge in [0.2, 0.25) is 5.89 Å². The smallest absolute Gasteiger partial charge is 0.274 e. The maximum atomic E-state index is 13.0. The fraction of sp³-hybridized carbons (Fsp3) is 0.364. The first kappa shape index (κ1) is 19.1. The molecule has 0 unspecified atom stereocenters. The van der Waals surface area contributed by atoms with Crippen molar-refractivity contribution in [3.63, 3.8) is 0 Å². The van der Waals surface area contributed by atoms with Crippen molar-refractivity contribution in [2.45, 2.75) is 38.6 Å². The molecule has 0 bridgehead atoms. The van der Waals surface area contributed by atoms with Gasteiger partial charge in [0, 0.05) is 24.7 Å². The van der Waals surface area contributed by atoms with Gasteiger partial charge in [-0.15, -0.1) is 0 Å². The highest BCUT2D eigenvalue weighted by molar-refractivity contribution is 5.92. The van der Waals surface area contributed by atoms with Gasteiger partial charge < -0.3 is 14.1 Å². The molecule has 1 aliphatic rings. The fourth-order valence-corrected chi connectivity index (χ4v) is 3.68. The predicted molar refractivity (Wildman–Crippen MR) is 107 cm³/mol. The van der Waals surface area contributed by atoms with E-state index in [4.69, 9.17) is 9.15 Å². The number of ether oxygens (including phenoxy) is 1. The lowest BCUT2D eigenvalue weighted by Crippen LogP contribution is -2.39. The average molecular weight is 392 g/mol. The number of para-hydroxylation sites is 1. The Morgan fingerprint density at radius 3 is 2.83 bits per heavy atom. The van der Waals surface area contributed by atoms with E-state index in [-0.39, 0.29) is 11.9 Å². The number of piperidine rings is 1. The Morgan fingerprint density at radius 1 is 1.17 bits per heavy atom. The van der Waals surface area contributed by atoms with Gasteiger partial charge in [0.05, 0.1) is 25.2 Å². The summed E-state index contributed by atoms with van der Waals surface area (Å²) in [6.45, 7) is 2.50. The molecule has 1 aliphatic heterocycles. The van der Waals surface area contributed by atoms with Crippen LogP contribution in [0.5, 0.6) is 5.75 Å². The minimum atomic E-state index is -0.189. The van der Waals surface area contributed by atoms with Crippen LogP contribution < -0.4 is 4.74 Å². The summed E-state index contributed by atoms with van der Waals surface area (Å²) in [5.41, 5.74) is 2.16. The topological polar surface area (TPSA) is 81.4 Å². The molecule has 150 valence electrons. The van der Waals surface area contributed by atoms with Crippen LogP contribution in [-0.2, 0) is 6.42 Å². The van der Waals surface area contributed by atoms with E-state index in [0.29, 0.717) is 24.6 Å². The number of benzene rings is 1. The van der Waals surface area contributed by atoms with E-state index in [1.807, 2.05) is 36.1 Å². The fourth-order valence-electron chi connectivity index (χ4n) is 3.68. The molecule has 0 N–H and O–H groups in total. The summed E-state index contributed by atoms with van der Waals surface area (Å²) in [7, 11) is 1.66. The van der Waals surface area contributed by atoms with Crippen molar-refractivity contribution >= 4 is 5.91 Å². The highest BCUT2D eigenvalue weighted by atomic mass is 16.5. The summed E-state index contributed by atoms with van der Waals surface area (Å²) >= 11 is 0. The lowest BCUT2D eigenvalue weighted by Gasteiger charge is -2.33. The third kappa shape index (κ3) is 4.13. The third-order valence-electron chi connectivity index (χ3n) is 5.18. The summed E-state index contributed by atoms with van der Waals surface area (Å²) in [6, 6.07) is 7.66. The number of hydrogen-bond acceptors (Lipinski definition) is 6. The Kier molecular flexibility index (Phi) is 5.55. The number of carbonyl (C=O) groups excluding carboxylic acids is 1. The van der Waals surface area contributed by atoms with Gasteiger partial charge in [0.1, 0.15) is 23.2 Å². The number of oxazole rings is 1. The average Bonchev–Trinajstić information content (AvgIpc) is 3.22.